The first-order valence-electron chi connectivity index (χ1n) is 15.3. The molecule has 8 nitrogen and oxygen atoms in total. The van der Waals surface area contributed by atoms with Crippen molar-refractivity contribution in [2.24, 2.45) is 22.1 Å². The molecule has 0 spiro atoms. The molecule has 0 aliphatic heterocycles. The molecule has 2 rings (SSSR count). The van der Waals surface area contributed by atoms with Crippen molar-refractivity contribution in [2.45, 2.75) is 106 Å². The predicted molar refractivity (Wildman–Crippen MR) is 165 cm³/mol. The summed E-state index contributed by atoms with van der Waals surface area (Å²) < 4.78 is 1.14. The van der Waals surface area contributed by atoms with Crippen LogP contribution in [0.2, 0.25) is 0 Å². The van der Waals surface area contributed by atoms with Gasteiger partial charge in [0.2, 0.25) is 5.88 Å². The number of benzene rings is 1. The van der Waals surface area contributed by atoms with Crippen molar-refractivity contribution in [3.8, 4) is 11.9 Å². The van der Waals surface area contributed by atoms with Gasteiger partial charge in [0, 0.05) is 30.3 Å². The van der Waals surface area contributed by atoms with Crippen molar-refractivity contribution in [2.75, 3.05) is 13.1 Å². The molecule has 8 heteroatoms. The molecule has 224 valence electrons. The number of pyridine rings is 1. The van der Waals surface area contributed by atoms with Crippen LogP contribution >= 0.6 is 0 Å². The fourth-order valence-electron chi connectivity index (χ4n) is 5.17. The van der Waals surface area contributed by atoms with Crippen molar-refractivity contribution in [3.05, 3.63) is 51.3 Å². The molecule has 1 N–H and O–H groups in total. The molecule has 0 fully saturated rings. The summed E-state index contributed by atoms with van der Waals surface area (Å²) in [5.74, 6) is 0.683. The van der Waals surface area contributed by atoms with Gasteiger partial charge in [-0.15, -0.1) is 5.11 Å². The molecular weight excluding hydrogens is 514 g/mol. The number of carbonyl (C=O) groups is 1. The molecule has 1 aromatic heterocycles. The van der Waals surface area contributed by atoms with E-state index in [-0.39, 0.29) is 34.6 Å². The Bertz CT molecular complexity index is 1240. The van der Waals surface area contributed by atoms with Crippen LogP contribution in [-0.4, -0.2) is 33.6 Å². The Hall–Kier alpha value is -3.47. The summed E-state index contributed by atoms with van der Waals surface area (Å²) in [6.45, 7) is 15.4. The lowest BCUT2D eigenvalue weighted by molar-refractivity contribution is 0.0685. The fraction of sp³-hybridized carbons (Fsp3) is 0.606. The highest BCUT2D eigenvalue weighted by Crippen LogP contribution is 2.33. The zero-order chi connectivity index (χ0) is 30.5. The van der Waals surface area contributed by atoms with Gasteiger partial charge in [-0.2, -0.15) is 10.4 Å². The lowest BCUT2D eigenvalue weighted by Crippen LogP contribution is -2.39. The Labute approximate surface area is 246 Å². The number of carbonyl (C=O) groups excluding carboxylic acids is 1. The van der Waals surface area contributed by atoms with E-state index in [0.717, 1.165) is 56.2 Å². The molecule has 41 heavy (non-hydrogen) atoms. The second-order valence-electron chi connectivity index (χ2n) is 11.3. The third kappa shape index (κ3) is 9.01. The molecule has 1 heterocycles. The number of aromatic nitrogens is 1. The first-order valence-corrected chi connectivity index (χ1v) is 15.3. The minimum atomic E-state index is -0.552. The maximum absolute atomic E-state index is 13.8. The van der Waals surface area contributed by atoms with E-state index in [2.05, 4.69) is 42.8 Å². The highest BCUT2D eigenvalue weighted by molar-refractivity contribution is 5.94. The van der Waals surface area contributed by atoms with Crippen molar-refractivity contribution in [1.29, 1.82) is 5.26 Å². The molecule has 0 aliphatic carbocycles. The second kappa shape index (κ2) is 16.7. The number of rotatable bonds is 16. The Kier molecular flexibility index (Phi) is 13.8. The van der Waals surface area contributed by atoms with Crippen LogP contribution < -0.4 is 5.56 Å². The lowest BCUT2D eigenvalue weighted by atomic mass is 9.95. The van der Waals surface area contributed by atoms with Crippen LogP contribution in [-0.2, 0) is 0 Å². The standard InChI is InChI=1S/C33H49N5O3/c1-8-12-14-25(10-3)21-37(22-26(11-4)15-13-9-2)31(39)27-16-18-28(19-17-27)35-36-30-24(7)29(20-34)32(40)38(23(5)6)33(30)41/h16-19,23,25-26,41H,8-15,21-22H2,1-7H3/b36-35+. The number of amides is 1. The molecule has 1 amide bonds. The number of nitriles is 1. The number of azo groups is 1. The van der Waals surface area contributed by atoms with Gasteiger partial charge in [0.25, 0.3) is 11.5 Å². The smallest absolute Gasteiger partial charge is 0.271 e. The van der Waals surface area contributed by atoms with Gasteiger partial charge < -0.3 is 10.0 Å². The SMILES string of the molecule is CCCCC(CC)CN(CC(CC)CCCC)C(=O)c1ccc(/N=N/c2c(C)c(C#N)c(=O)n(C(C)C)c2O)cc1. The Balaban J connectivity index is 2.35. The van der Waals surface area contributed by atoms with E-state index in [9.17, 15) is 20.0 Å². The Morgan fingerprint density at radius 1 is 0.976 bits per heavy atom. The van der Waals surface area contributed by atoms with Gasteiger partial charge in [0.15, 0.2) is 5.69 Å². The number of hydrogen-bond donors (Lipinski definition) is 1. The van der Waals surface area contributed by atoms with Crippen molar-refractivity contribution >= 4 is 17.3 Å². The van der Waals surface area contributed by atoms with E-state index >= 15 is 0 Å². The van der Waals surface area contributed by atoms with E-state index in [0.29, 0.717) is 23.1 Å². The maximum Gasteiger partial charge on any atom is 0.271 e. The van der Waals surface area contributed by atoms with E-state index in [4.69, 9.17) is 0 Å². The van der Waals surface area contributed by atoms with Crippen LogP contribution in [0.4, 0.5) is 11.4 Å². The van der Waals surface area contributed by atoms with Gasteiger partial charge in [-0.05, 0) is 69.7 Å². The maximum atomic E-state index is 13.8. The number of unbranched alkanes of at least 4 members (excludes halogenated alkanes) is 2. The van der Waals surface area contributed by atoms with Crippen LogP contribution in [0.1, 0.15) is 120 Å². The van der Waals surface area contributed by atoms with E-state index in [1.54, 1.807) is 45.0 Å². The summed E-state index contributed by atoms with van der Waals surface area (Å²) in [5.41, 5.74) is 0.844. The highest BCUT2D eigenvalue weighted by Gasteiger charge is 2.23. The summed E-state index contributed by atoms with van der Waals surface area (Å²) >= 11 is 0. The van der Waals surface area contributed by atoms with Gasteiger partial charge in [0.05, 0.1) is 5.69 Å². The monoisotopic (exact) mass is 563 g/mol. The first-order chi connectivity index (χ1) is 19.6. The van der Waals surface area contributed by atoms with Gasteiger partial charge in [-0.1, -0.05) is 66.2 Å². The van der Waals surface area contributed by atoms with Crippen LogP contribution in [0.3, 0.4) is 0 Å². The van der Waals surface area contributed by atoms with Crippen molar-refractivity contribution < 1.29 is 9.90 Å². The molecule has 1 aromatic carbocycles. The van der Waals surface area contributed by atoms with Gasteiger partial charge in [-0.3, -0.25) is 14.2 Å². The molecule has 0 bridgehead atoms. The van der Waals surface area contributed by atoms with Gasteiger partial charge >= 0.3 is 0 Å². The summed E-state index contributed by atoms with van der Waals surface area (Å²) in [6.07, 6.45) is 9.03. The Morgan fingerprint density at radius 2 is 1.51 bits per heavy atom. The highest BCUT2D eigenvalue weighted by atomic mass is 16.3. The quantitative estimate of drug-likeness (QED) is 0.206. The van der Waals surface area contributed by atoms with E-state index < -0.39 is 5.56 Å². The fourth-order valence-corrected chi connectivity index (χ4v) is 5.17. The average Bonchev–Trinajstić information content (AvgIpc) is 2.96. The summed E-state index contributed by atoms with van der Waals surface area (Å²) in [6, 6.07) is 8.56. The molecule has 2 unspecified atom stereocenters. The molecule has 0 saturated heterocycles. The van der Waals surface area contributed by atoms with E-state index in [1.165, 1.54) is 12.8 Å². The van der Waals surface area contributed by atoms with Gasteiger partial charge in [-0.25, -0.2) is 0 Å². The molecular formula is C33H49N5O3. The predicted octanol–water partition coefficient (Wildman–Crippen LogP) is 8.61. The largest absolute Gasteiger partial charge is 0.493 e. The van der Waals surface area contributed by atoms with E-state index in [1.807, 2.05) is 6.07 Å². The number of hydrogen-bond acceptors (Lipinski definition) is 6. The zero-order valence-electron chi connectivity index (χ0n) is 26.1. The third-order valence-corrected chi connectivity index (χ3v) is 7.94. The van der Waals surface area contributed by atoms with Crippen LogP contribution in [0.5, 0.6) is 5.88 Å². The van der Waals surface area contributed by atoms with Crippen molar-refractivity contribution in [1.82, 2.24) is 9.47 Å². The summed E-state index contributed by atoms with van der Waals surface area (Å²) in [5, 5.41) is 28.7. The van der Waals surface area contributed by atoms with Crippen LogP contribution in [0, 0.1) is 30.1 Å². The Morgan fingerprint density at radius 3 is 1.95 bits per heavy atom. The topological polar surface area (TPSA) is 111 Å². The third-order valence-electron chi connectivity index (χ3n) is 7.94. The van der Waals surface area contributed by atoms with Crippen molar-refractivity contribution in [3.63, 3.8) is 0 Å². The van der Waals surface area contributed by atoms with Crippen LogP contribution in [0.25, 0.3) is 0 Å². The van der Waals surface area contributed by atoms with Gasteiger partial charge in [0.1, 0.15) is 11.6 Å². The number of nitrogens with zero attached hydrogens (tertiary/aromatic N) is 5. The van der Waals surface area contributed by atoms with Crippen LogP contribution in [0.15, 0.2) is 39.3 Å². The molecule has 0 aliphatic rings. The lowest BCUT2D eigenvalue weighted by Gasteiger charge is -2.31. The molecule has 0 saturated carbocycles. The normalized spacial score (nSPS) is 13.0. The average molecular weight is 564 g/mol. The first kappa shape index (κ1) is 33.7. The minimum Gasteiger partial charge on any atom is -0.493 e. The summed E-state index contributed by atoms with van der Waals surface area (Å²) in [7, 11) is 0. The summed E-state index contributed by atoms with van der Waals surface area (Å²) in [4.78, 5) is 28.4. The zero-order valence-corrected chi connectivity index (χ0v) is 26.1. The molecule has 2 aromatic rings. The second-order valence-corrected chi connectivity index (χ2v) is 11.3. The molecule has 2 atom stereocenters. The minimum absolute atomic E-state index is 0.0366. The number of aromatic hydroxyl groups is 1. The molecule has 0 radical (unpaired) electrons.